The number of benzene rings is 1. The minimum atomic E-state index is -3.13. The van der Waals surface area contributed by atoms with Crippen molar-refractivity contribution in [3.05, 3.63) is 35.4 Å². The van der Waals surface area contributed by atoms with Crippen molar-refractivity contribution < 1.29 is 13.2 Å². The fraction of sp³-hybridized carbons (Fsp3) is 0.600. The van der Waals surface area contributed by atoms with Crippen LogP contribution >= 0.6 is 0 Å². The van der Waals surface area contributed by atoms with Crippen LogP contribution in [0.3, 0.4) is 0 Å². The Morgan fingerprint density at radius 2 is 1.90 bits per heavy atom. The molecule has 1 aromatic carbocycles. The minimum absolute atomic E-state index is 0.0574. The van der Waals surface area contributed by atoms with E-state index < -0.39 is 20.5 Å². The van der Waals surface area contributed by atoms with Gasteiger partial charge in [0.25, 0.3) is 0 Å². The van der Waals surface area contributed by atoms with Crippen LogP contribution in [0.2, 0.25) is 0 Å². The minimum Gasteiger partial charge on any atom is -0.384 e. The Hall–Kier alpha value is -0.910. The molecule has 1 fully saturated rings. The molecule has 0 spiro atoms. The summed E-state index contributed by atoms with van der Waals surface area (Å²) in [7, 11) is -1.54. The van der Waals surface area contributed by atoms with Gasteiger partial charge in [-0.05, 0) is 12.5 Å². The summed E-state index contributed by atoms with van der Waals surface area (Å²) in [5.74, 6) is 0.0869. The first-order chi connectivity index (χ1) is 9.43. The summed E-state index contributed by atoms with van der Waals surface area (Å²) in [5.41, 5.74) is 7.64. The molecule has 112 valence electrons. The smallest absolute Gasteiger partial charge is 0.154 e. The van der Waals surface area contributed by atoms with Crippen molar-refractivity contribution in [2.45, 2.75) is 25.0 Å². The highest BCUT2D eigenvalue weighted by atomic mass is 32.2. The van der Waals surface area contributed by atoms with E-state index in [0.717, 1.165) is 11.1 Å². The highest BCUT2D eigenvalue weighted by Gasteiger charge is 2.69. The predicted molar refractivity (Wildman–Crippen MR) is 80.5 cm³/mol. The Morgan fingerprint density at radius 3 is 2.35 bits per heavy atom. The number of aryl methyl sites for hydroxylation is 1. The van der Waals surface area contributed by atoms with Crippen LogP contribution in [0.4, 0.5) is 0 Å². The Balaban J connectivity index is 2.42. The molecule has 1 aliphatic rings. The maximum atomic E-state index is 12.4. The Morgan fingerprint density at radius 1 is 1.30 bits per heavy atom. The molecule has 0 bridgehead atoms. The molecule has 5 heteroatoms. The van der Waals surface area contributed by atoms with Crippen LogP contribution in [0.5, 0.6) is 0 Å². The lowest BCUT2D eigenvalue weighted by Gasteiger charge is -2.14. The summed E-state index contributed by atoms with van der Waals surface area (Å²) in [6, 6.07) is 8.03. The second kappa shape index (κ2) is 5.47. The fourth-order valence-electron chi connectivity index (χ4n) is 3.22. The number of nitrogens with two attached hydrogens (primary N) is 1. The molecule has 0 radical (unpaired) electrons. The van der Waals surface area contributed by atoms with Crippen LogP contribution in [0.15, 0.2) is 24.3 Å². The molecular formula is C15H23NO3S. The number of rotatable bonds is 6. The highest BCUT2D eigenvalue weighted by Crippen LogP contribution is 2.62. The second-order valence-corrected chi connectivity index (χ2v) is 8.04. The van der Waals surface area contributed by atoms with Gasteiger partial charge in [0.2, 0.25) is 0 Å². The topological polar surface area (TPSA) is 69.4 Å². The SMILES string of the molecule is CCS(=O)(=O)[C@@H]1[C@@H](c2ccc(C)cc2)[C@]1(CN)COC. The van der Waals surface area contributed by atoms with Crippen molar-refractivity contribution in [2.75, 3.05) is 26.0 Å². The zero-order valence-electron chi connectivity index (χ0n) is 12.3. The van der Waals surface area contributed by atoms with E-state index in [1.807, 2.05) is 31.2 Å². The Kier molecular flexibility index (Phi) is 4.23. The summed E-state index contributed by atoms with van der Waals surface area (Å²) in [6.07, 6.45) is 0. The largest absolute Gasteiger partial charge is 0.384 e. The van der Waals surface area contributed by atoms with Crippen LogP contribution in [0.1, 0.15) is 24.0 Å². The van der Waals surface area contributed by atoms with E-state index in [2.05, 4.69) is 0 Å². The van der Waals surface area contributed by atoms with Crippen LogP contribution in [0.25, 0.3) is 0 Å². The maximum Gasteiger partial charge on any atom is 0.154 e. The first kappa shape index (κ1) is 15.5. The standard InChI is InChI=1S/C15H23NO3S/c1-4-20(17,18)14-13(15(14,9-16)10-19-3)12-7-5-11(2)6-8-12/h5-8,13-14H,4,9-10,16H2,1-3H3/t13-,14-,15+/m1/s1. The molecule has 1 aromatic rings. The number of sulfone groups is 1. The molecule has 4 nitrogen and oxygen atoms in total. The van der Waals surface area contributed by atoms with Gasteiger partial charge in [-0.25, -0.2) is 8.42 Å². The second-order valence-electron chi connectivity index (χ2n) is 5.63. The first-order valence-electron chi connectivity index (χ1n) is 6.90. The maximum absolute atomic E-state index is 12.4. The normalized spacial score (nSPS) is 29.4. The summed E-state index contributed by atoms with van der Waals surface area (Å²) < 4.78 is 30.0. The van der Waals surface area contributed by atoms with E-state index in [0.29, 0.717) is 13.2 Å². The molecule has 2 rings (SSSR count). The molecule has 0 amide bonds. The number of hydrogen-bond donors (Lipinski definition) is 1. The van der Waals surface area contributed by atoms with Crippen LogP contribution in [-0.4, -0.2) is 39.7 Å². The molecule has 3 atom stereocenters. The van der Waals surface area contributed by atoms with Crippen molar-refractivity contribution >= 4 is 9.84 Å². The molecule has 2 N–H and O–H groups in total. The number of ether oxygens (including phenoxy) is 1. The quantitative estimate of drug-likeness (QED) is 0.863. The summed E-state index contributed by atoms with van der Waals surface area (Å²) in [6.45, 7) is 4.41. The third-order valence-corrected chi connectivity index (χ3v) is 6.72. The van der Waals surface area contributed by atoms with Gasteiger partial charge >= 0.3 is 0 Å². The average molecular weight is 297 g/mol. The molecule has 0 saturated heterocycles. The lowest BCUT2D eigenvalue weighted by atomic mass is 9.99. The Labute approximate surface area is 121 Å². The number of hydrogen-bond acceptors (Lipinski definition) is 4. The first-order valence-corrected chi connectivity index (χ1v) is 8.61. The van der Waals surface area contributed by atoms with E-state index in [1.165, 1.54) is 0 Å². The van der Waals surface area contributed by atoms with Gasteiger partial charge in [0.05, 0.1) is 11.9 Å². The van der Waals surface area contributed by atoms with Crippen molar-refractivity contribution in [1.29, 1.82) is 0 Å². The van der Waals surface area contributed by atoms with Gasteiger partial charge in [-0.1, -0.05) is 36.8 Å². The van der Waals surface area contributed by atoms with Crippen molar-refractivity contribution in [2.24, 2.45) is 11.1 Å². The monoisotopic (exact) mass is 297 g/mol. The third-order valence-electron chi connectivity index (χ3n) is 4.40. The predicted octanol–water partition coefficient (Wildman–Crippen LogP) is 1.49. The van der Waals surface area contributed by atoms with Crippen LogP contribution < -0.4 is 5.73 Å². The van der Waals surface area contributed by atoms with Gasteiger partial charge in [-0.15, -0.1) is 0 Å². The molecule has 0 unspecified atom stereocenters. The Bertz CT molecular complexity index is 567. The summed E-state index contributed by atoms with van der Waals surface area (Å²) in [5, 5.41) is -0.423. The highest BCUT2D eigenvalue weighted by molar-refractivity contribution is 7.92. The van der Waals surface area contributed by atoms with E-state index in [4.69, 9.17) is 10.5 Å². The molecular weight excluding hydrogens is 274 g/mol. The van der Waals surface area contributed by atoms with Crippen molar-refractivity contribution in [3.63, 3.8) is 0 Å². The molecule has 0 aliphatic heterocycles. The van der Waals surface area contributed by atoms with Gasteiger partial charge in [0, 0.05) is 30.7 Å². The van der Waals surface area contributed by atoms with Crippen molar-refractivity contribution in [3.8, 4) is 0 Å². The van der Waals surface area contributed by atoms with Gasteiger partial charge < -0.3 is 10.5 Å². The molecule has 0 heterocycles. The zero-order valence-corrected chi connectivity index (χ0v) is 13.1. The van der Waals surface area contributed by atoms with Gasteiger partial charge in [-0.2, -0.15) is 0 Å². The molecule has 1 aliphatic carbocycles. The fourth-order valence-corrected chi connectivity index (χ4v) is 5.37. The molecule has 20 heavy (non-hydrogen) atoms. The lowest BCUT2D eigenvalue weighted by molar-refractivity contribution is 0.142. The van der Waals surface area contributed by atoms with Crippen molar-refractivity contribution in [1.82, 2.24) is 0 Å². The van der Waals surface area contributed by atoms with E-state index in [-0.39, 0.29) is 11.7 Å². The summed E-state index contributed by atoms with van der Waals surface area (Å²) >= 11 is 0. The van der Waals surface area contributed by atoms with Crippen LogP contribution in [-0.2, 0) is 14.6 Å². The zero-order chi connectivity index (χ0) is 15.0. The lowest BCUT2D eigenvalue weighted by Crippen LogP contribution is -2.28. The molecule has 0 aromatic heterocycles. The third kappa shape index (κ3) is 2.38. The van der Waals surface area contributed by atoms with Crippen LogP contribution in [0, 0.1) is 12.3 Å². The average Bonchev–Trinajstić information content (AvgIpc) is 3.10. The van der Waals surface area contributed by atoms with Gasteiger partial charge in [-0.3, -0.25) is 0 Å². The summed E-state index contributed by atoms with van der Waals surface area (Å²) in [4.78, 5) is 0. The van der Waals surface area contributed by atoms with E-state index in [1.54, 1.807) is 14.0 Å². The van der Waals surface area contributed by atoms with E-state index >= 15 is 0 Å². The molecule has 1 saturated carbocycles. The number of methoxy groups -OCH3 is 1. The van der Waals surface area contributed by atoms with Gasteiger partial charge in [0.15, 0.2) is 9.84 Å². The van der Waals surface area contributed by atoms with E-state index in [9.17, 15) is 8.42 Å². The van der Waals surface area contributed by atoms with Gasteiger partial charge in [0.1, 0.15) is 0 Å².